The molecule has 0 aliphatic carbocycles. The number of rotatable bonds is 12. The molecule has 40 heavy (non-hydrogen) atoms. The normalized spacial score (nSPS) is 12.6. The SMILES string of the molecule is COc1ccc(S(=O)(=O)Nc2ccc(CCS(=O)(=O)C(CCn3nnc4ccccc4c3=O)C(=O)O)cc2)cc1. The summed E-state index contributed by atoms with van der Waals surface area (Å²) in [6.07, 6.45) is -0.357. The van der Waals surface area contributed by atoms with Crippen molar-refractivity contribution in [3.63, 3.8) is 0 Å². The number of methoxy groups -OCH3 is 1. The Bertz CT molecular complexity index is 1790. The summed E-state index contributed by atoms with van der Waals surface area (Å²) < 4.78 is 59.5. The molecule has 0 fully saturated rings. The Kier molecular flexibility index (Phi) is 8.49. The lowest BCUT2D eigenvalue weighted by Crippen LogP contribution is -2.35. The molecule has 1 heterocycles. The molecule has 1 unspecified atom stereocenters. The van der Waals surface area contributed by atoms with Crippen LogP contribution in [0.15, 0.2) is 82.5 Å². The molecule has 0 saturated heterocycles. The lowest BCUT2D eigenvalue weighted by Gasteiger charge is -2.14. The first-order valence-corrected chi connectivity index (χ1v) is 15.2. The Morgan fingerprint density at radius 3 is 2.33 bits per heavy atom. The summed E-state index contributed by atoms with van der Waals surface area (Å²) in [6, 6.07) is 18.5. The number of hydrogen-bond donors (Lipinski definition) is 2. The molecule has 0 bridgehead atoms. The van der Waals surface area contributed by atoms with Gasteiger partial charge in [0, 0.05) is 12.2 Å². The molecule has 12 nitrogen and oxygen atoms in total. The number of benzene rings is 3. The highest BCUT2D eigenvalue weighted by Gasteiger charge is 2.32. The van der Waals surface area contributed by atoms with Crippen LogP contribution in [0.25, 0.3) is 10.9 Å². The Morgan fingerprint density at radius 1 is 1.00 bits per heavy atom. The van der Waals surface area contributed by atoms with E-state index < -0.39 is 42.4 Å². The zero-order valence-corrected chi connectivity index (χ0v) is 22.9. The number of nitrogens with one attached hydrogen (secondary N) is 1. The van der Waals surface area contributed by atoms with Crippen LogP contribution in [0.3, 0.4) is 0 Å². The van der Waals surface area contributed by atoms with E-state index in [1.165, 1.54) is 43.5 Å². The van der Waals surface area contributed by atoms with Crippen LogP contribution < -0.4 is 15.0 Å². The summed E-state index contributed by atoms with van der Waals surface area (Å²) in [4.78, 5) is 24.5. The van der Waals surface area contributed by atoms with Crippen molar-refractivity contribution in [3.05, 3.63) is 88.7 Å². The summed E-state index contributed by atoms with van der Waals surface area (Å²) in [5.41, 5.74) is 0.727. The van der Waals surface area contributed by atoms with Gasteiger partial charge in [0.2, 0.25) is 0 Å². The van der Waals surface area contributed by atoms with Crippen molar-refractivity contribution in [2.75, 3.05) is 17.6 Å². The minimum atomic E-state index is -4.11. The lowest BCUT2D eigenvalue weighted by atomic mass is 10.2. The molecule has 4 aromatic rings. The molecule has 14 heteroatoms. The molecule has 2 N–H and O–H groups in total. The van der Waals surface area contributed by atoms with Crippen LogP contribution in [0.4, 0.5) is 5.69 Å². The summed E-state index contributed by atoms with van der Waals surface area (Å²) >= 11 is 0. The third kappa shape index (κ3) is 6.63. The summed E-state index contributed by atoms with van der Waals surface area (Å²) in [7, 11) is -6.49. The predicted molar refractivity (Wildman–Crippen MR) is 148 cm³/mol. The second-order valence-corrected chi connectivity index (χ2v) is 12.8. The van der Waals surface area contributed by atoms with E-state index in [1.807, 2.05) is 0 Å². The van der Waals surface area contributed by atoms with Gasteiger partial charge in [0.15, 0.2) is 15.1 Å². The third-order valence-electron chi connectivity index (χ3n) is 6.19. The summed E-state index contributed by atoms with van der Waals surface area (Å²) in [6.45, 7) is -0.240. The van der Waals surface area contributed by atoms with Crippen molar-refractivity contribution >= 4 is 42.4 Å². The second kappa shape index (κ2) is 11.8. The van der Waals surface area contributed by atoms with Crippen molar-refractivity contribution in [3.8, 4) is 5.75 Å². The van der Waals surface area contributed by atoms with E-state index in [1.54, 1.807) is 36.4 Å². The molecule has 3 aromatic carbocycles. The number of sulfone groups is 1. The van der Waals surface area contributed by atoms with Crippen molar-refractivity contribution in [2.45, 2.75) is 29.5 Å². The highest BCUT2D eigenvalue weighted by atomic mass is 32.2. The maximum absolute atomic E-state index is 12.9. The number of carboxylic acid groups (broad SMARTS) is 1. The molecule has 210 valence electrons. The monoisotopic (exact) mass is 586 g/mol. The Balaban J connectivity index is 1.39. The largest absolute Gasteiger partial charge is 0.497 e. The Labute approximate surface area is 230 Å². The van der Waals surface area contributed by atoms with Gasteiger partial charge in [0.1, 0.15) is 11.3 Å². The number of aryl methyl sites for hydroxylation is 2. The average molecular weight is 587 g/mol. The Morgan fingerprint density at radius 2 is 1.68 bits per heavy atom. The molecule has 0 aliphatic heterocycles. The quantitative estimate of drug-likeness (QED) is 0.250. The van der Waals surface area contributed by atoms with Crippen LogP contribution >= 0.6 is 0 Å². The zero-order chi connectivity index (χ0) is 28.9. The molecular formula is C26H26N4O8S2. The van der Waals surface area contributed by atoms with Crippen molar-refractivity contribution in [2.24, 2.45) is 0 Å². The highest BCUT2D eigenvalue weighted by Crippen LogP contribution is 2.20. The fourth-order valence-corrected chi connectivity index (χ4v) is 6.61. The van der Waals surface area contributed by atoms with Gasteiger partial charge in [-0.3, -0.25) is 14.3 Å². The number of aliphatic carboxylic acids is 1. The molecule has 0 radical (unpaired) electrons. The summed E-state index contributed by atoms with van der Waals surface area (Å²) in [5, 5.41) is 15.9. The van der Waals surface area contributed by atoms with E-state index in [0.29, 0.717) is 22.2 Å². The number of aromatic nitrogens is 3. The van der Waals surface area contributed by atoms with Gasteiger partial charge in [-0.1, -0.05) is 29.5 Å². The van der Waals surface area contributed by atoms with E-state index in [0.717, 1.165) is 4.68 Å². The van der Waals surface area contributed by atoms with Crippen molar-refractivity contribution in [1.82, 2.24) is 15.0 Å². The first kappa shape index (κ1) is 28.7. The highest BCUT2D eigenvalue weighted by molar-refractivity contribution is 7.93. The van der Waals surface area contributed by atoms with Gasteiger partial charge in [0.05, 0.1) is 23.1 Å². The van der Waals surface area contributed by atoms with E-state index >= 15 is 0 Å². The number of hydrogen-bond acceptors (Lipinski definition) is 9. The van der Waals surface area contributed by atoms with Gasteiger partial charge in [-0.25, -0.2) is 21.5 Å². The number of sulfonamides is 1. The predicted octanol–water partition coefficient (Wildman–Crippen LogP) is 2.10. The molecule has 4 rings (SSSR count). The molecular weight excluding hydrogens is 560 g/mol. The fourth-order valence-electron chi connectivity index (χ4n) is 3.98. The van der Waals surface area contributed by atoms with Crippen LogP contribution in [0.2, 0.25) is 0 Å². The van der Waals surface area contributed by atoms with Crippen LogP contribution in [-0.2, 0) is 37.6 Å². The number of nitrogens with zero attached hydrogens (tertiary/aromatic N) is 3. The summed E-state index contributed by atoms with van der Waals surface area (Å²) in [5.74, 6) is -1.47. The molecule has 1 aromatic heterocycles. The first-order chi connectivity index (χ1) is 19.0. The van der Waals surface area contributed by atoms with Crippen molar-refractivity contribution in [1.29, 1.82) is 0 Å². The van der Waals surface area contributed by atoms with Gasteiger partial charge in [-0.05, 0) is 66.9 Å². The average Bonchev–Trinajstić information content (AvgIpc) is 2.93. The molecule has 0 amide bonds. The van der Waals surface area contributed by atoms with Crippen molar-refractivity contribution < 1.29 is 31.5 Å². The number of ether oxygens (including phenoxy) is 1. The molecule has 0 saturated carbocycles. The Hall–Kier alpha value is -4.30. The number of anilines is 1. The van der Waals surface area contributed by atoms with E-state index in [4.69, 9.17) is 4.74 Å². The maximum Gasteiger partial charge on any atom is 0.321 e. The van der Waals surface area contributed by atoms with Crippen LogP contribution in [-0.4, -0.2) is 61.0 Å². The number of carbonyl (C=O) groups is 1. The molecule has 1 atom stereocenters. The standard InChI is InChI=1S/C26H26N4O8S2/c1-38-20-10-12-21(13-11-20)40(36,37)28-19-8-6-18(7-9-19)15-17-39(34,35)24(26(32)33)14-16-30-25(31)22-4-2-3-5-23(22)27-29-30/h2-13,24,28H,14-17H2,1H3,(H,32,33). The van der Waals surface area contributed by atoms with Crippen LogP contribution in [0.1, 0.15) is 12.0 Å². The smallest absolute Gasteiger partial charge is 0.321 e. The molecule has 0 aliphatic rings. The van der Waals surface area contributed by atoms with Gasteiger partial charge < -0.3 is 9.84 Å². The lowest BCUT2D eigenvalue weighted by molar-refractivity contribution is -0.136. The van der Waals surface area contributed by atoms with Crippen LogP contribution in [0, 0.1) is 0 Å². The van der Waals surface area contributed by atoms with E-state index in [9.17, 15) is 31.5 Å². The van der Waals surface area contributed by atoms with Gasteiger partial charge in [0.25, 0.3) is 15.6 Å². The third-order valence-corrected chi connectivity index (χ3v) is 9.67. The van der Waals surface area contributed by atoms with E-state index in [2.05, 4.69) is 15.0 Å². The van der Waals surface area contributed by atoms with Gasteiger partial charge in [-0.2, -0.15) is 0 Å². The van der Waals surface area contributed by atoms with Gasteiger partial charge >= 0.3 is 5.97 Å². The topological polar surface area (TPSA) is 175 Å². The van der Waals surface area contributed by atoms with Gasteiger partial charge in [-0.15, -0.1) is 5.10 Å². The molecule has 0 spiro atoms. The number of fused-ring (bicyclic) bond motifs is 1. The second-order valence-electron chi connectivity index (χ2n) is 8.85. The maximum atomic E-state index is 12.9. The number of carboxylic acids is 1. The first-order valence-electron chi connectivity index (χ1n) is 12.0. The fraction of sp³-hybridized carbons (Fsp3) is 0.231. The minimum Gasteiger partial charge on any atom is -0.497 e. The zero-order valence-electron chi connectivity index (χ0n) is 21.3. The van der Waals surface area contributed by atoms with Crippen LogP contribution in [0.5, 0.6) is 5.75 Å². The van der Waals surface area contributed by atoms with E-state index in [-0.39, 0.29) is 30.0 Å². The minimum absolute atomic E-state index is 0.00729.